The summed E-state index contributed by atoms with van der Waals surface area (Å²) in [7, 11) is 1.61. The summed E-state index contributed by atoms with van der Waals surface area (Å²) in [6.07, 6.45) is 2.98. The Morgan fingerprint density at radius 1 is 1.53 bits per heavy atom. The van der Waals surface area contributed by atoms with Gasteiger partial charge in [-0.25, -0.2) is 0 Å². The Kier molecular flexibility index (Phi) is 4.10. The van der Waals surface area contributed by atoms with Crippen molar-refractivity contribution in [3.63, 3.8) is 0 Å². The number of rotatable bonds is 5. The lowest BCUT2D eigenvalue weighted by molar-refractivity contribution is 0.0983. The lowest BCUT2D eigenvalue weighted by Crippen LogP contribution is -1.99. The maximum atomic E-state index is 11.7. The number of hydrogen-bond donors (Lipinski definition) is 0. The second-order valence-corrected chi connectivity index (χ2v) is 3.43. The Morgan fingerprint density at radius 2 is 2.27 bits per heavy atom. The smallest absolute Gasteiger partial charge is 0.163 e. The second kappa shape index (κ2) is 5.35. The summed E-state index contributed by atoms with van der Waals surface area (Å²) in [5, 5.41) is 0. The zero-order chi connectivity index (χ0) is 11.3. The molecule has 0 aliphatic heterocycles. The highest BCUT2D eigenvalue weighted by Crippen LogP contribution is 2.20. The molecular weight excluding hydrogens is 188 g/mol. The summed E-state index contributed by atoms with van der Waals surface area (Å²) in [5.41, 5.74) is 1.75. The molecule has 0 atom stereocenters. The number of allylic oxidation sites excluding steroid dienone is 1. The van der Waals surface area contributed by atoms with Gasteiger partial charge in [-0.2, -0.15) is 0 Å². The lowest BCUT2D eigenvalue weighted by Gasteiger charge is -2.06. The highest BCUT2D eigenvalue weighted by molar-refractivity contribution is 5.96. The average molecular weight is 204 g/mol. The Hall–Kier alpha value is -1.57. The maximum absolute atomic E-state index is 11.7. The molecule has 0 bridgehead atoms. The van der Waals surface area contributed by atoms with E-state index in [-0.39, 0.29) is 5.78 Å². The predicted molar refractivity (Wildman–Crippen MR) is 61.5 cm³/mol. The molecule has 0 fully saturated rings. The van der Waals surface area contributed by atoms with Crippen LogP contribution in [0.4, 0.5) is 0 Å². The van der Waals surface area contributed by atoms with Gasteiger partial charge in [0.1, 0.15) is 5.75 Å². The third kappa shape index (κ3) is 2.94. The molecule has 2 heteroatoms. The zero-order valence-electron chi connectivity index (χ0n) is 9.25. The summed E-state index contributed by atoms with van der Waals surface area (Å²) >= 11 is 0. The van der Waals surface area contributed by atoms with Crippen LogP contribution in [0.3, 0.4) is 0 Å². The van der Waals surface area contributed by atoms with E-state index in [9.17, 15) is 4.79 Å². The Balaban J connectivity index is 2.85. The van der Waals surface area contributed by atoms with Crippen molar-refractivity contribution < 1.29 is 9.53 Å². The van der Waals surface area contributed by atoms with Crippen LogP contribution < -0.4 is 4.74 Å². The molecule has 0 aliphatic rings. The first-order chi connectivity index (χ1) is 7.19. The summed E-state index contributed by atoms with van der Waals surface area (Å²) in [6, 6.07) is 5.53. The van der Waals surface area contributed by atoms with Crippen LogP contribution in [0.15, 0.2) is 30.9 Å². The number of hydrogen-bond acceptors (Lipinski definition) is 2. The van der Waals surface area contributed by atoms with Crippen LogP contribution in [0.25, 0.3) is 0 Å². The topological polar surface area (TPSA) is 26.3 Å². The van der Waals surface area contributed by atoms with Gasteiger partial charge >= 0.3 is 0 Å². The number of Topliss-reactive ketones (excluding diaryl/α,β-unsaturated/α-hetero) is 1. The standard InChI is InChI=1S/C13H16O2/c1-4-5-6-12(14)11-8-7-10(2)13(9-11)15-3/h4,7-9H,1,5-6H2,2-3H3. The number of ketones is 1. The van der Waals surface area contributed by atoms with Gasteiger partial charge in [0.2, 0.25) is 0 Å². The monoisotopic (exact) mass is 204 g/mol. The molecule has 0 saturated carbocycles. The number of methoxy groups -OCH3 is 1. The van der Waals surface area contributed by atoms with Crippen molar-refractivity contribution in [2.45, 2.75) is 19.8 Å². The lowest BCUT2D eigenvalue weighted by atomic mass is 10.0. The molecule has 0 heterocycles. The average Bonchev–Trinajstić information content (AvgIpc) is 2.26. The maximum Gasteiger partial charge on any atom is 0.163 e. The van der Waals surface area contributed by atoms with Gasteiger partial charge in [-0.05, 0) is 25.0 Å². The van der Waals surface area contributed by atoms with Gasteiger partial charge < -0.3 is 4.74 Å². The highest BCUT2D eigenvalue weighted by atomic mass is 16.5. The molecular formula is C13H16O2. The van der Waals surface area contributed by atoms with Gasteiger partial charge in [0.05, 0.1) is 7.11 Å². The molecule has 0 N–H and O–H groups in total. The molecule has 1 aromatic rings. The van der Waals surface area contributed by atoms with E-state index < -0.39 is 0 Å². The Bertz CT molecular complexity index is 367. The largest absolute Gasteiger partial charge is 0.496 e. The fourth-order valence-electron chi connectivity index (χ4n) is 1.37. The number of aryl methyl sites for hydroxylation is 1. The second-order valence-electron chi connectivity index (χ2n) is 3.43. The molecule has 0 amide bonds. The summed E-state index contributed by atoms with van der Waals surface area (Å²) in [6.45, 7) is 5.55. The van der Waals surface area contributed by atoms with E-state index in [2.05, 4.69) is 6.58 Å². The number of carbonyl (C=O) groups is 1. The van der Waals surface area contributed by atoms with Crippen molar-refractivity contribution in [1.29, 1.82) is 0 Å². The summed E-state index contributed by atoms with van der Waals surface area (Å²) in [5.74, 6) is 0.896. The molecule has 0 aliphatic carbocycles. The normalized spacial score (nSPS) is 9.73. The van der Waals surface area contributed by atoms with Crippen LogP contribution in [0.5, 0.6) is 5.75 Å². The van der Waals surface area contributed by atoms with Crippen molar-refractivity contribution in [3.8, 4) is 5.75 Å². The minimum absolute atomic E-state index is 0.133. The molecule has 0 saturated heterocycles. The van der Waals surface area contributed by atoms with Crippen LogP contribution in [0.1, 0.15) is 28.8 Å². The van der Waals surface area contributed by atoms with Crippen molar-refractivity contribution in [2.24, 2.45) is 0 Å². The van der Waals surface area contributed by atoms with E-state index in [1.54, 1.807) is 19.3 Å². The summed E-state index contributed by atoms with van der Waals surface area (Å²) < 4.78 is 5.17. The van der Waals surface area contributed by atoms with Crippen LogP contribution >= 0.6 is 0 Å². The van der Waals surface area contributed by atoms with Crippen molar-refractivity contribution >= 4 is 5.78 Å². The third-order valence-corrected chi connectivity index (χ3v) is 2.31. The highest BCUT2D eigenvalue weighted by Gasteiger charge is 2.07. The van der Waals surface area contributed by atoms with Crippen molar-refractivity contribution in [1.82, 2.24) is 0 Å². The molecule has 0 aromatic heterocycles. The molecule has 0 spiro atoms. The van der Waals surface area contributed by atoms with E-state index in [4.69, 9.17) is 4.74 Å². The van der Waals surface area contributed by atoms with Crippen LogP contribution in [0, 0.1) is 6.92 Å². The fourth-order valence-corrected chi connectivity index (χ4v) is 1.37. The van der Waals surface area contributed by atoms with Gasteiger partial charge in [-0.1, -0.05) is 18.2 Å². The first-order valence-corrected chi connectivity index (χ1v) is 4.97. The van der Waals surface area contributed by atoms with Crippen LogP contribution in [-0.2, 0) is 0 Å². The molecule has 0 radical (unpaired) electrons. The molecule has 15 heavy (non-hydrogen) atoms. The summed E-state index contributed by atoms with van der Waals surface area (Å²) in [4.78, 5) is 11.7. The van der Waals surface area contributed by atoms with Gasteiger partial charge in [0, 0.05) is 12.0 Å². The Labute approximate surface area is 90.6 Å². The van der Waals surface area contributed by atoms with E-state index in [0.29, 0.717) is 12.0 Å². The zero-order valence-corrected chi connectivity index (χ0v) is 9.25. The van der Waals surface area contributed by atoms with Gasteiger partial charge in [0.15, 0.2) is 5.78 Å². The quantitative estimate of drug-likeness (QED) is 0.544. The van der Waals surface area contributed by atoms with Gasteiger partial charge in [-0.15, -0.1) is 6.58 Å². The molecule has 1 rings (SSSR count). The minimum atomic E-state index is 0.133. The number of carbonyl (C=O) groups excluding carboxylic acids is 1. The Morgan fingerprint density at radius 3 is 2.87 bits per heavy atom. The van der Waals surface area contributed by atoms with E-state index in [1.807, 2.05) is 19.1 Å². The predicted octanol–water partition coefficient (Wildman–Crippen LogP) is 3.15. The van der Waals surface area contributed by atoms with E-state index >= 15 is 0 Å². The third-order valence-electron chi connectivity index (χ3n) is 2.31. The first kappa shape index (κ1) is 11.5. The number of ether oxygens (including phenoxy) is 1. The number of benzene rings is 1. The van der Waals surface area contributed by atoms with E-state index in [1.165, 1.54) is 0 Å². The van der Waals surface area contributed by atoms with Crippen molar-refractivity contribution in [3.05, 3.63) is 42.0 Å². The van der Waals surface area contributed by atoms with Gasteiger partial charge in [-0.3, -0.25) is 4.79 Å². The molecule has 2 nitrogen and oxygen atoms in total. The molecule has 80 valence electrons. The first-order valence-electron chi connectivity index (χ1n) is 4.97. The van der Waals surface area contributed by atoms with Crippen LogP contribution in [0.2, 0.25) is 0 Å². The fraction of sp³-hybridized carbons (Fsp3) is 0.308. The van der Waals surface area contributed by atoms with E-state index in [0.717, 1.165) is 17.7 Å². The van der Waals surface area contributed by atoms with Crippen molar-refractivity contribution in [2.75, 3.05) is 7.11 Å². The SMILES string of the molecule is C=CCCC(=O)c1ccc(C)c(OC)c1. The minimum Gasteiger partial charge on any atom is -0.496 e. The van der Waals surface area contributed by atoms with Gasteiger partial charge in [0.25, 0.3) is 0 Å². The van der Waals surface area contributed by atoms with Crippen LogP contribution in [-0.4, -0.2) is 12.9 Å². The molecule has 1 aromatic carbocycles. The molecule has 0 unspecified atom stereocenters.